The van der Waals surface area contributed by atoms with Crippen molar-refractivity contribution in [1.29, 1.82) is 0 Å². The number of nitrogens with zero attached hydrogens (tertiary/aromatic N) is 2. The second kappa shape index (κ2) is 6.74. The number of amides is 1. The van der Waals surface area contributed by atoms with Crippen LogP contribution < -0.4 is 5.43 Å². The van der Waals surface area contributed by atoms with Crippen LogP contribution in [0.5, 0.6) is 0 Å². The van der Waals surface area contributed by atoms with Crippen LogP contribution in [-0.2, 0) is 0 Å². The van der Waals surface area contributed by atoms with Gasteiger partial charge in [0.15, 0.2) is 0 Å². The zero-order chi connectivity index (χ0) is 18.0. The lowest BCUT2D eigenvalue weighted by molar-refractivity contribution is -0.384. The van der Waals surface area contributed by atoms with E-state index in [2.05, 4.69) is 15.5 Å². The van der Waals surface area contributed by atoms with Crippen molar-refractivity contribution in [1.82, 2.24) is 10.4 Å². The minimum absolute atomic E-state index is 0.0256. The van der Waals surface area contributed by atoms with E-state index in [1.54, 1.807) is 37.3 Å². The van der Waals surface area contributed by atoms with Gasteiger partial charge in [0, 0.05) is 28.1 Å². The van der Waals surface area contributed by atoms with E-state index in [1.165, 1.54) is 18.3 Å². The Kier molecular flexibility index (Phi) is 4.49. The maximum atomic E-state index is 12.3. The molecule has 0 atom stereocenters. The first-order valence-corrected chi connectivity index (χ1v) is 7.69. The number of hydrazone groups is 1. The van der Waals surface area contributed by atoms with Crippen LogP contribution in [0.25, 0.3) is 10.9 Å². The third-order valence-electron chi connectivity index (χ3n) is 3.73. The highest BCUT2D eigenvalue weighted by Crippen LogP contribution is 2.25. The highest BCUT2D eigenvalue weighted by atomic mass is 35.5. The lowest BCUT2D eigenvalue weighted by Gasteiger charge is -1.99. The summed E-state index contributed by atoms with van der Waals surface area (Å²) in [7, 11) is 0. The van der Waals surface area contributed by atoms with Gasteiger partial charge in [-0.15, -0.1) is 0 Å². The van der Waals surface area contributed by atoms with E-state index >= 15 is 0 Å². The van der Waals surface area contributed by atoms with E-state index in [-0.39, 0.29) is 5.69 Å². The number of halogens is 1. The van der Waals surface area contributed by atoms with Crippen LogP contribution in [-0.4, -0.2) is 22.0 Å². The van der Waals surface area contributed by atoms with Crippen molar-refractivity contribution in [2.75, 3.05) is 0 Å². The van der Waals surface area contributed by atoms with Crippen LogP contribution >= 0.6 is 11.6 Å². The van der Waals surface area contributed by atoms with Crippen LogP contribution in [0.3, 0.4) is 0 Å². The Labute approximate surface area is 147 Å². The summed E-state index contributed by atoms with van der Waals surface area (Å²) in [6.07, 6.45) is 1.50. The van der Waals surface area contributed by atoms with Gasteiger partial charge in [-0.2, -0.15) is 5.10 Å². The van der Waals surface area contributed by atoms with Gasteiger partial charge in [0.1, 0.15) is 5.69 Å². The van der Waals surface area contributed by atoms with Crippen molar-refractivity contribution in [2.24, 2.45) is 5.10 Å². The predicted octanol–water partition coefficient (Wildman–Crippen LogP) is 3.80. The Morgan fingerprint density at radius 3 is 2.68 bits per heavy atom. The van der Waals surface area contributed by atoms with E-state index in [9.17, 15) is 14.9 Å². The SMILES string of the molecule is Cc1c(C(=O)N/N=C\c2ccc(Cl)cc2)[nH]c2ccc([N+](=O)[O-])cc12. The third-order valence-corrected chi connectivity index (χ3v) is 3.98. The van der Waals surface area contributed by atoms with Crippen molar-refractivity contribution in [3.05, 3.63) is 74.4 Å². The standard InChI is InChI=1S/C17H13ClN4O3/c1-10-14-8-13(22(24)25)6-7-15(14)20-16(10)17(23)21-19-9-11-2-4-12(18)5-3-11/h2-9,20H,1H3,(H,21,23)/b19-9-. The molecule has 0 saturated carbocycles. The van der Waals surface area contributed by atoms with Crippen LogP contribution in [0.1, 0.15) is 21.6 Å². The molecular formula is C17H13ClN4O3. The number of carbonyl (C=O) groups is 1. The van der Waals surface area contributed by atoms with Crippen LogP contribution in [0.15, 0.2) is 47.6 Å². The number of nitro groups is 1. The molecule has 0 radical (unpaired) electrons. The molecule has 2 aromatic carbocycles. The van der Waals surface area contributed by atoms with Crippen LogP contribution in [0, 0.1) is 17.0 Å². The van der Waals surface area contributed by atoms with Gasteiger partial charge in [-0.1, -0.05) is 23.7 Å². The number of hydrogen-bond donors (Lipinski definition) is 2. The number of aromatic nitrogens is 1. The fourth-order valence-corrected chi connectivity index (χ4v) is 2.55. The summed E-state index contributed by atoms with van der Waals surface area (Å²) in [5.74, 6) is -0.429. The molecule has 3 aromatic rings. The number of non-ortho nitro benzene ring substituents is 1. The summed E-state index contributed by atoms with van der Waals surface area (Å²) < 4.78 is 0. The normalized spacial score (nSPS) is 11.1. The number of H-pyrrole nitrogens is 1. The van der Waals surface area contributed by atoms with Gasteiger partial charge in [0.25, 0.3) is 11.6 Å². The van der Waals surface area contributed by atoms with Gasteiger partial charge in [-0.05, 0) is 36.2 Å². The molecule has 0 saturated heterocycles. The van der Waals surface area contributed by atoms with Crippen molar-refractivity contribution >= 4 is 40.3 Å². The molecule has 0 aliphatic carbocycles. The minimum Gasteiger partial charge on any atom is -0.350 e. The van der Waals surface area contributed by atoms with Gasteiger partial charge in [0.2, 0.25) is 0 Å². The molecule has 0 bridgehead atoms. The van der Waals surface area contributed by atoms with E-state index < -0.39 is 10.8 Å². The number of carbonyl (C=O) groups excluding carboxylic acids is 1. The van der Waals surface area contributed by atoms with Crippen LogP contribution in [0.4, 0.5) is 5.69 Å². The van der Waals surface area contributed by atoms with Gasteiger partial charge in [0.05, 0.1) is 11.1 Å². The van der Waals surface area contributed by atoms with Crippen molar-refractivity contribution in [3.63, 3.8) is 0 Å². The Hall–Kier alpha value is -3.19. The monoisotopic (exact) mass is 356 g/mol. The smallest absolute Gasteiger partial charge is 0.288 e. The molecule has 3 rings (SSSR count). The number of aryl methyl sites for hydroxylation is 1. The average molecular weight is 357 g/mol. The van der Waals surface area contributed by atoms with Gasteiger partial charge in [-0.25, -0.2) is 5.43 Å². The number of nitrogens with one attached hydrogen (secondary N) is 2. The zero-order valence-electron chi connectivity index (χ0n) is 13.1. The Morgan fingerprint density at radius 1 is 1.28 bits per heavy atom. The molecule has 0 spiro atoms. The maximum Gasteiger partial charge on any atom is 0.288 e. The quantitative estimate of drug-likeness (QED) is 0.422. The molecule has 1 heterocycles. The largest absolute Gasteiger partial charge is 0.350 e. The summed E-state index contributed by atoms with van der Waals surface area (Å²) in [6.45, 7) is 1.72. The molecule has 0 fully saturated rings. The van der Waals surface area contributed by atoms with E-state index in [1.807, 2.05) is 0 Å². The number of benzene rings is 2. The Balaban J connectivity index is 1.81. The zero-order valence-corrected chi connectivity index (χ0v) is 13.9. The van der Waals surface area contributed by atoms with Crippen molar-refractivity contribution < 1.29 is 9.72 Å². The summed E-state index contributed by atoms with van der Waals surface area (Å²) in [5, 5.41) is 16.0. The molecular weight excluding hydrogens is 344 g/mol. The topological polar surface area (TPSA) is 100 Å². The molecule has 1 amide bonds. The Bertz CT molecular complexity index is 993. The lowest BCUT2D eigenvalue weighted by atomic mass is 10.1. The molecule has 0 aliphatic heterocycles. The van der Waals surface area contributed by atoms with Gasteiger partial charge in [-0.3, -0.25) is 14.9 Å². The highest BCUT2D eigenvalue weighted by molar-refractivity contribution is 6.30. The van der Waals surface area contributed by atoms with E-state index in [4.69, 9.17) is 11.6 Å². The molecule has 1 aromatic heterocycles. The summed E-state index contributed by atoms with van der Waals surface area (Å²) in [6, 6.07) is 11.4. The second-order valence-corrected chi connectivity index (χ2v) is 5.80. The van der Waals surface area contributed by atoms with Crippen LogP contribution in [0.2, 0.25) is 5.02 Å². The number of hydrogen-bond acceptors (Lipinski definition) is 4. The summed E-state index contributed by atoms with van der Waals surface area (Å²) in [5.41, 5.74) is 4.77. The van der Waals surface area contributed by atoms with Crippen molar-refractivity contribution in [2.45, 2.75) is 6.92 Å². The molecule has 126 valence electrons. The number of aromatic amines is 1. The molecule has 2 N–H and O–H groups in total. The fraction of sp³-hybridized carbons (Fsp3) is 0.0588. The molecule has 25 heavy (non-hydrogen) atoms. The average Bonchev–Trinajstić information content (AvgIpc) is 2.93. The molecule has 0 aliphatic rings. The highest BCUT2D eigenvalue weighted by Gasteiger charge is 2.16. The number of rotatable bonds is 4. The van der Waals surface area contributed by atoms with Crippen molar-refractivity contribution in [3.8, 4) is 0 Å². The first kappa shape index (κ1) is 16.7. The number of nitro benzene ring substituents is 1. The van der Waals surface area contributed by atoms with E-state index in [0.29, 0.717) is 27.2 Å². The first-order valence-electron chi connectivity index (χ1n) is 7.31. The van der Waals surface area contributed by atoms with E-state index in [0.717, 1.165) is 5.56 Å². The van der Waals surface area contributed by atoms with Gasteiger partial charge >= 0.3 is 0 Å². The molecule has 0 unspecified atom stereocenters. The Morgan fingerprint density at radius 2 is 2.00 bits per heavy atom. The van der Waals surface area contributed by atoms with Gasteiger partial charge < -0.3 is 4.98 Å². The first-order chi connectivity index (χ1) is 12.0. The number of fused-ring (bicyclic) bond motifs is 1. The summed E-state index contributed by atoms with van der Waals surface area (Å²) >= 11 is 5.80. The minimum atomic E-state index is -0.470. The second-order valence-electron chi connectivity index (χ2n) is 5.36. The molecule has 8 heteroatoms. The lowest BCUT2D eigenvalue weighted by Crippen LogP contribution is -2.18. The summed E-state index contributed by atoms with van der Waals surface area (Å²) in [4.78, 5) is 25.7. The third kappa shape index (κ3) is 3.51. The maximum absolute atomic E-state index is 12.3. The predicted molar refractivity (Wildman–Crippen MR) is 96.2 cm³/mol. The molecule has 7 nitrogen and oxygen atoms in total. The fourth-order valence-electron chi connectivity index (χ4n) is 2.43.